The highest BCUT2D eigenvalue weighted by Crippen LogP contribution is 2.26. The van der Waals surface area contributed by atoms with Crippen LogP contribution in [-0.4, -0.2) is 28.8 Å². The Morgan fingerprint density at radius 2 is 2.29 bits per heavy atom. The van der Waals surface area contributed by atoms with E-state index in [0.29, 0.717) is 17.9 Å². The second kappa shape index (κ2) is 7.04. The van der Waals surface area contributed by atoms with Gasteiger partial charge in [-0.25, -0.2) is 5.43 Å². The SMILES string of the molecule is CCOc1cc(/C=N\NC(=O)c2ccccn2)ccc1O. The fourth-order valence-corrected chi connectivity index (χ4v) is 1.60. The van der Waals surface area contributed by atoms with Crippen molar-refractivity contribution < 1.29 is 14.6 Å². The monoisotopic (exact) mass is 285 g/mol. The van der Waals surface area contributed by atoms with E-state index >= 15 is 0 Å². The first kappa shape index (κ1) is 14.5. The summed E-state index contributed by atoms with van der Waals surface area (Å²) in [6.07, 6.45) is 3.00. The Hall–Kier alpha value is -2.89. The van der Waals surface area contributed by atoms with Crippen molar-refractivity contribution in [2.45, 2.75) is 6.92 Å². The molecule has 1 amide bonds. The molecule has 6 heteroatoms. The van der Waals surface area contributed by atoms with Gasteiger partial charge in [-0.15, -0.1) is 0 Å². The molecule has 21 heavy (non-hydrogen) atoms. The van der Waals surface area contributed by atoms with Gasteiger partial charge in [-0.3, -0.25) is 9.78 Å². The Morgan fingerprint density at radius 1 is 1.43 bits per heavy atom. The maximum absolute atomic E-state index is 11.7. The second-order valence-corrected chi connectivity index (χ2v) is 4.07. The summed E-state index contributed by atoms with van der Waals surface area (Å²) in [6, 6.07) is 9.85. The fourth-order valence-electron chi connectivity index (χ4n) is 1.60. The number of hydrogen-bond acceptors (Lipinski definition) is 5. The third-order valence-electron chi connectivity index (χ3n) is 2.56. The molecule has 2 rings (SSSR count). The summed E-state index contributed by atoms with van der Waals surface area (Å²) in [7, 11) is 0. The van der Waals surface area contributed by atoms with Crippen molar-refractivity contribution in [1.82, 2.24) is 10.4 Å². The van der Waals surface area contributed by atoms with Crippen LogP contribution in [0.15, 0.2) is 47.7 Å². The molecular formula is C15H15N3O3. The van der Waals surface area contributed by atoms with Gasteiger partial charge in [0.05, 0.1) is 12.8 Å². The Kier molecular flexibility index (Phi) is 4.87. The lowest BCUT2D eigenvalue weighted by molar-refractivity contribution is 0.0950. The number of ether oxygens (including phenoxy) is 1. The van der Waals surface area contributed by atoms with E-state index in [1.165, 1.54) is 18.5 Å². The van der Waals surface area contributed by atoms with Gasteiger partial charge in [0.15, 0.2) is 11.5 Å². The Bertz CT molecular complexity index is 642. The summed E-state index contributed by atoms with van der Waals surface area (Å²) in [5.41, 5.74) is 3.36. The van der Waals surface area contributed by atoms with Crippen LogP contribution >= 0.6 is 0 Å². The number of nitrogens with one attached hydrogen (secondary N) is 1. The maximum Gasteiger partial charge on any atom is 0.289 e. The zero-order valence-corrected chi connectivity index (χ0v) is 11.5. The van der Waals surface area contributed by atoms with Crippen LogP contribution in [0.3, 0.4) is 0 Å². The van der Waals surface area contributed by atoms with Gasteiger partial charge in [-0.2, -0.15) is 5.10 Å². The molecule has 108 valence electrons. The number of carbonyl (C=O) groups excluding carboxylic acids is 1. The van der Waals surface area contributed by atoms with Crippen molar-refractivity contribution in [2.75, 3.05) is 6.61 Å². The van der Waals surface area contributed by atoms with Crippen LogP contribution < -0.4 is 10.2 Å². The third kappa shape index (κ3) is 4.04. The first-order chi connectivity index (χ1) is 10.2. The highest BCUT2D eigenvalue weighted by atomic mass is 16.5. The van der Waals surface area contributed by atoms with Crippen LogP contribution in [0.4, 0.5) is 0 Å². The van der Waals surface area contributed by atoms with E-state index in [1.54, 1.807) is 30.3 Å². The van der Waals surface area contributed by atoms with Crippen LogP contribution in [0.2, 0.25) is 0 Å². The first-order valence-corrected chi connectivity index (χ1v) is 6.41. The predicted octanol–water partition coefficient (Wildman–Crippen LogP) is 1.95. The molecule has 0 fully saturated rings. The smallest absolute Gasteiger partial charge is 0.289 e. The van der Waals surface area contributed by atoms with Gasteiger partial charge in [0, 0.05) is 6.20 Å². The van der Waals surface area contributed by atoms with Crippen molar-refractivity contribution >= 4 is 12.1 Å². The van der Waals surface area contributed by atoms with Crippen LogP contribution in [0, 0.1) is 0 Å². The van der Waals surface area contributed by atoms with E-state index in [9.17, 15) is 9.90 Å². The first-order valence-electron chi connectivity index (χ1n) is 6.41. The van der Waals surface area contributed by atoms with E-state index < -0.39 is 5.91 Å². The summed E-state index contributed by atoms with van der Waals surface area (Å²) < 4.78 is 5.27. The zero-order chi connectivity index (χ0) is 15.1. The van der Waals surface area contributed by atoms with E-state index in [1.807, 2.05) is 6.92 Å². The van der Waals surface area contributed by atoms with Crippen molar-refractivity contribution in [2.24, 2.45) is 5.10 Å². The number of amides is 1. The van der Waals surface area contributed by atoms with Crippen molar-refractivity contribution in [3.05, 3.63) is 53.9 Å². The number of nitrogens with zero attached hydrogens (tertiary/aromatic N) is 2. The van der Waals surface area contributed by atoms with E-state index in [0.717, 1.165) is 0 Å². The Balaban J connectivity index is 2.01. The number of rotatable bonds is 5. The van der Waals surface area contributed by atoms with E-state index in [4.69, 9.17) is 4.74 Å². The summed E-state index contributed by atoms with van der Waals surface area (Å²) in [5, 5.41) is 13.4. The Morgan fingerprint density at radius 3 is 3.00 bits per heavy atom. The molecule has 0 radical (unpaired) electrons. The number of aromatic nitrogens is 1. The number of pyridine rings is 1. The van der Waals surface area contributed by atoms with Gasteiger partial charge < -0.3 is 9.84 Å². The lowest BCUT2D eigenvalue weighted by Crippen LogP contribution is -2.18. The number of benzene rings is 1. The van der Waals surface area contributed by atoms with E-state index in [2.05, 4.69) is 15.5 Å². The summed E-state index contributed by atoms with van der Waals surface area (Å²) in [6.45, 7) is 2.28. The number of hydrazone groups is 1. The van der Waals surface area contributed by atoms with Crippen LogP contribution in [-0.2, 0) is 0 Å². The van der Waals surface area contributed by atoms with E-state index in [-0.39, 0.29) is 11.4 Å². The standard InChI is InChI=1S/C15H15N3O3/c1-2-21-14-9-11(6-7-13(14)19)10-17-18-15(20)12-5-3-4-8-16-12/h3-10,19H,2H2,1H3,(H,18,20)/b17-10-. The average Bonchev–Trinajstić information content (AvgIpc) is 2.51. The molecule has 0 unspecified atom stereocenters. The van der Waals surface area contributed by atoms with Gasteiger partial charge in [0.25, 0.3) is 5.91 Å². The van der Waals surface area contributed by atoms with Crippen molar-refractivity contribution in [3.8, 4) is 11.5 Å². The lowest BCUT2D eigenvalue weighted by atomic mass is 10.2. The largest absolute Gasteiger partial charge is 0.504 e. The second-order valence-electron chi connectivity index (χ2n) is 4.07. The molecule has 2 N–H and O–H groups in total. The summed E-state index contributed by atoms with van der Waals surface area (Å²) >= 11 is 0. The molecule has 1 aromatic carbocycles. The van der Waals surface area contributed by atoms with Crippen molar-refractivity contribution in [3.63, 3.8) is 0 Å². The number of phenolic OH excluding ortho intramolecular Hbond substituents is 1. The van der Waals surface area contributed by atoms with Gasteiger partial charge >= 0.3 is 0 Å². The zero-order valence-electron chi connectivity index (χ0n) is 11.5. The summed E-state index contributed by atoms with van der Waals surface area (Å²) in [5.74, 6) is 0.0414. The molecule has 0 saturated heterocycles. The Labute approximate surface area is 122 Å². The number of aromatic hydroxyl groups is 1. The minimum atomic E-state index is -0.393. The number of hydrogen-bond donors (Lipinski definition) is 2. The molecule has 1 heterocycles. The minimum absolute atomic E-state index is 0.0616. The van der Waals surface area contributed by atoms with Crippen molar-refractivity contribution in [1.29, 1.82) is 0 Å². The quantitative estimate of drug-likeness (QED) is 0.649. The van der Waals surface area contributed by atoms with Gasteiger partial charge in [-0.05, 0) is 42.8 Å². The minimum Gasteiger partial charge on any atom is -0.504 e. The van der Waals surface area contributed by atoms with Crippen LogP contribution in [0.5, 0.6) is 11.5 Å². The van der Waals surface area contributed by atoms with Gasteiger partial charge in [0.1, 0.15) is 5.69 Å². The number of carbonyl (C=O) groups is 1. The maximum atomic E-state index is 11.7. The van der Waals surface area contributed by atoms with Crippen LogP contribution in [0.25, 0.3) is 0 Å². The molecule has 6 nitrogen and oxygen atoms in total. The molecule has 0 saturated carbocycles. The normalized spacial score (nSPS) is 10.5. The highest BCUT2D eigenvalue weighted by Gasteiger charge is 2.04. The summed E-state index contributed by atoms with van der Waals surface area (Å²) in [4.78, 5) is 15.6. The average molecular weight is 285 g/mol. The van der Waals surface area contributed by atoms with Crippen LogP contribution in [0.1, 0.15) is 23.0 Å². The molecule has 2 aromatic rings. The number of phenols is 1. The molecule has 0 spiro atoms. The molecule has 1 aromatic heterocycles. The topological polar surface area (TPSA) is 83.8 Å². The molecular weight excluding hydrogens is 270 g/mol. The predicted molar refractivity (Wildman–Crippen MR) is 78.6 cm³/mol. The molecule has 0 bridgehead atoms. The molecule has 0 aliphatic carbocycles. The lowest BCUT2D eigenvalue weighted by Gasteiger charge is -2.05. The molecule has 0 aliphatic rings. The molecule has 0 atom stereocenters. The van der Waals surface area contributed by atoms with Gasteiger partial charge in [0.2, 0.25) is 0 Å². The third-order valence-corrected chi connectivity index (χ3v) is 2.56. The fraction of sp³-hybridized carbons (Fsp3) is 0.133. The van der Waals surface area contributed by atoms with Gasteiger partial charge in [-0.1, -0.05) is 6.07 Å². The molecule has 0 aliphatic heterocycles. The highest BCUT2D eigenvalue weighted by molar-refractivity contribution is 5.93.